The lowest BCUT2D eigenvalue weighted by Gasteiger charge is -2.15. The van der Waals surface area contributed by atoms with E-state index in [4.69, 9.17) is 15.4 Å². The van der Waals surface area contributed by atoms with E-state index in [1.54, 1.807) is 0 Å². The van der Waals surface area contributed by atoms with Gasteiger partial charge in [0.2, 0.25) is 9.05 Å². The molecule has 0 aromatic carbocycles. The van der Waals surface area contributed by atoms with Gasteiger partial charge in [-0.15, -0.1) is 0 Å². The summed E-state index contributed by atoms with van der Waals surface area (Å²) in [5.74, 6) is 0.555. The fourth-order valence-corrected chi connectivity index (χ4v) is 3.01. The number of rotatable bonds is 9. The molecular formula is C11H23ClO3S. The smallest absolute Gasteiger partial charge is 0.232 e. The van der Waals surface area contributed by atoms with E-state index in [-0.39, 0.29) is 11.7 Å². The van der Waals surface area contributed by atoms with Crippen molar-refractivity contribution < 1.29 is 13.2 Å². The molecule has 0 radical (unpaired) electrons. The number of ether oxygens (including phenoxy) is 1. The summed E-state index contributed by atoms with van der Waals surface area (Å²) in [6.45, 7) is 7.42. The van der Waals surface area contributed by atoms with Crippen LogP contribution >= 0.6 is 10.7 Å². The monoisotopic (exact) mass is 270 g/mol. The third-order valence-electron chi connectivity index (χ3n) is 2.55. The Balaban J connectivity index is 3.79. The molecule has 5 heteroatoms. The molecular weight excluding hydrogens is 248 g/mol. The summed E-state index contributed by atoms with van der Waals surface area (Å²) in [6, 6.07) is 0. The minimum absolute atomic E-state index is 0.00716. The first kappa shape index (κ1) is 16.2. The molecule has 0 fully saturated rings. The lowest BCUT2D eigenvalue weighted by Crippen LogP contribution is -2.19. The van der Waals surface area contributed by atoms with E-state index in [0.29, 0.717) is 19.1 Å². The van der Waals surface area contributed by atoms with Crippen LogP contribution in [-0.2, 0) is 13.8 Å². The zero-order valence-corrected chi connectivity index (χ0v) is 12.0. The van der Waals surface area contributed by atoms with E-state index in [9.17, 15) is 8.42 Å². The average molecular weight is 271 g/mol. The molecule has 3 nitrogen and oxygen atoms in total. The fraction of sp³-hybridized carbons (Fsp3) is 1.00. The van der Waals surface area contributed by atoms with E-state index >= 15 is 0 Å². The number of hydrogen-bond donors (Lipinski definition) is 0. The average Bonchev–Trinajstić information content (AvgIpc) is 2.14. The van der Waals surface area contributed by atoms with Gasteiger partial charge < -0.3 is 4.74 Å². The van der Waals surface area contributed by atoms with Crippen LogP contribution in [0.15, 0.2) is 0 Å². The van der Waals surface area contributed by atoms with Gasteiger partial charge in [0.05, 0.1) is 12.4 Å². The Labute approximate surface area is 104 Å². The first-order valence-corrected chi connectivity index (χ1v) is 8.36. The van der Waals surface area contributed by atoms with Crippen molar-refractivity contribution in [3.05, 3.63) is 0 Å². The van der Waals surface area contributed by atoms with Crippen molar-refractivity contribution >= 4 is 19.7 Å². The van der Waals surface area contributed by atoms with Crippen molar-refractivity contribution in [1.82, 2.24) is 0 Å². The molecule has 0 N–H and O–H groups in total. The Kier molecular flexibility index (Phi) is 8.42. The summed E-state index contributed by atoms with van der Waals surface area (Å²) in [5.41, 5.74) is 0. The van der Waals surface area contributed by atoms with Gasteiger partial charge in [-0.3, -0.25) is 0 Å². The van der Waals surface area contributed by atoms with E-state index < -0.39 is 9.05 Å². The quantitative estimate of drug-likeness (QED) is 0.605. The molecule has 0 saturated heterocycles. The molecule has 0 aromatic rings. The van der Waals surface area contributed by atoms with Crippen LogP contribution < -0.4 is 0 Å². The second-order valence-corrected chi connectivity index (χ2v) is 7.23. The van der Waals surface area contributed by atoms with Gasteiger partial charge in [-0.05, 0) is 18.3 Å². The van der Waals surface area contributed by atoms with E-state index in [2.05, 4.69) is 13.8 Å². The van der Waals surface area contributed by atoms with Crippen molar-refractivity contribution in [2.45, 2.75) is 40.0 Å². The Morgan fingerprint density at radius 1 is 1.25 bits per heavy atom. The first-order valence-electron chi connectivity index (χ1n) is 5.89. The molecule has 0 saturated carbocycles. The maximum atomic E-state index is 10.9. The van der Waals surface area contributed by atoms with Gasteiger partial charge in [-0.2, -0.15) is 0 Å². The second-order valence-electron chi connectivity index (χ2n) is 4.41. The minimum atomic E-state index is -3.40. The highest BCUT2D eigenvalue weighted by Gasteiger charge is 2.15. The normalized spacial score (nSPS) is 16.0. The minimum Gasteiger partial charge on any atom is -0.381 e. The third-order valence-corrected chi connectivity index (χ3v) is 3.80. The summed E-state index contributed by atoms with van der Waals surface area (Å²) in [4.78, 5) is 0. The highest BCUT2D eigenvalue weighted by atomic mass is 35.7. The predicted molar refractivity (Wildman–Crippen MR) is 68.3 cm³/mol. The summed E-state index contributed by atoms with van der Waals surface area (Å²) in [7, 11) is 1.81. The van der Waals surface area contributed by atoms with Gasteiger partial charge in [0.15, 0.2) is 0 Å². The molecule has 16 heavy (non-hydrogen) atoms. The van der Waals surface area contributed by atoms with Gasteiger partial charge in [0, 0.05) is 17.3 Å². The first-order chi connectivity index (χ1) is 7.39. The molecule has 0 rings (SSSR count). The van der Waals surface area contributed by atoms with Gasteiger partial charge in [-0.25, -0.2) is 8.42 Å². The summed E-state index contributed by atoms with van der Waals surface area (Å²) >= 11 is 0. The highest BCUT2D eigenvalue weighted by Crippen LogP contribution is 2.12. The van der Waals surface area contributed by atoms with E-state index in [1.165, 1.54) is 0 Å². The maximum Gasteiger partial charge on any atom is 0.232 e. The Morgan fingerprint density at radius 3 is 2.31 bits per heavy atom. The van der Waals surface area contributed by atoms with Gasteiger partial charge in [0.25, 0.3) is 0 Å². The van der Waals surface area contributed by atoms with Crippen LogP contribution in [0.25, 0.3) is 0 Å². The summed E-state index contributed by atoms with van der Waals surface area (Å²) in [6.07, 6.45) is 3.07. The van der Waals surface area contributed by atoms with Crippen LogP contribution in [0.2, 0.25) is 0 Å². The van der Waals surface area contributed by atoms with Crippen LogP contribution in [0.1, 0.15) is 40.0 Å². The predicted octanol–water partition coefficient (Wildman–Crippen LogP) is 3.03. The SMILES string of the molecule is CCCC(C)COCC(CC)CS(=O)(=O)Cl. The molecule has 2 atom stereocenters. The molecule has 2 unspecified atom stereocenters. The Hall–Kier alpha value is 0.200. The third kappa shape index (κ3) is 9.43. The lowest BCUT2D eigenvalue weighted by molar-refractivity contribution is 0.0773. The Bertz CT molecular complexity index is 264. The Morgan fingerprint density at radius 2 is 1.88 bits per heavy atom. The molecule has 0 bridgehead atoms. The topological polar surface area (TPSA) is 43.4 Å². The highest BCUT2D eigenvalue weighted by molar-refractivity contribution is 8.13. The summed E-state index contributed by atoms with van der Waals surface area (Å²) in [5, 5.41) is 0. The van der Waals surface area contributed by atoms with Crippen LogP contribution in [0.3, 0.4) is 0 Å². The maximum absolute atomic E-state index is 10.9. The largest absolute Gasteiger partial charge is 0.381 e. The van der Waals surface area contributed by atoms with E-state index in [0.717, 1.165) is 19.3 Å². The van der Waals surface area contributed by atoms with Crippen molar-refractivity contribution in [2.24, 2.45) is 11.8 Å². The van der Waals surface area contributed by atoms with Gasteiger partial charge >= 0.3 is 0 Å². The van der Waals surface area contributed by atoms with Crippen molar-refractivity contribution in [2.75, 3.05) is 19.0 Å². The van der Waals surface area contributed by atoms with Crippen LogP contribution in [0.4, 0.5) is 0 Å². The summed E-state index contributed by atoms with van der Waals surface area (Å²) < 4.78 is 27.3. The fourth-order valence-electron chi connectivity index (χ4n) is 1.58. The zero-order valence-electron chi connectivity index (χ0n) is 10.4. The molecule has 0 spiro atoms. The van der Waals surface area contributed by atoms with Gasteiger partial charge in [-0.1, -0.05) is 33.6 Å². The molecule has 0 amide bonds. The molecule has 0 aromatic heterocycles. The molecule has 98 valence electrons. The van der Waals surface area contributed by atoms with Gasteiger partial charge in [0.1, 0.15) is 0 Å². The van der Waals surface area contributed by atoms with Crippen molar-refractivity contribution in [3.63, 3.8) is 0 Å². The second kappa shape index (κ2) is 8.31. The lowest BCUT2D eigenvalue weighted by atomic mass is 10.1. The molecule has 0 aliphatic heterocycles. The molecule has 0 heterocycles. The van der Waals surface area contributed by atoms with Crippen LogP contribution in [0, 0.1) is 11.8 Å². The zero-order chi connectivity index (χ0) is 12.6. The van der Waals surface area contributed by atoms with Crippen LogP contribution in [-0.4, -0.2) is 27.4 Å². The number of hydrogen-bond acceptors (Lipinski definition) is 3. The number of halogens is 1. The standard InChI is InChI=1S/C11H23ClO3S/c1-4-6-10(3)7-15-8-11(5-2)9-16(12,13)14/h10-11H,4-9H2,1-3H3. The van der Waals surface area contributed by atoms with Crippen molar-refractivity contribution in [1.29, 1.82) is 0 Å². The molecule has 0 aliphatic rings. The van der Waals surface area contributed by atoms with Crippen molar-refractivity contribution in [3.8, 4) is 0 Å². The van der Waals surface area contributed by atoms with Crippen LogP contribution in [0.5, 0.6) is 0 Å². The van der Waals surface area contributed by atoms with E-state index in [1.807, 2.05) is 6.92 Å². The molecule has 0 aliphatic carbocycles.